The fraction of sp³-hybridized carbons (Fsp3) is 0.429. The van der Waals surface area contributed by atoms with E-state index >= 15 is 0 Å². The predicted molar refractivity (Wildman–Crippen MR) is 211 cm³/mol. The van der Waals surface area contributed by atoms with Crippen LogP contribution in [-0.4, -0.2) is 61.5 Å². The Hall–Kier alpha value is -3.47. The summed E-state index contributed by atoms with van der Waals surface area (Å²) in [4.78, 5) is 29.4. The van der Waals surface area contributed by atoms with Crippen molar-refractivity contribution in [1.29, 1.82) is 0 Å². The molecule has 2 fully saturated rings. The molecule has 6 rings (SSSR count). The molecule has 0 saturated carbocycles. The maximum absolute atomic E-state index is 14.0. The van der Waals surface area contributed by atoms with Gasteiger partial charge in [-0.2, -0.15) is 0 Å². The van der Waals surface area contributed by atoms with Crippen LogP contribution in [0.25, 0.3) is 6.08 Å². The van der Waals surface area contributed by atoms with Gasteiger partial charge in [-0.1, -0.05) is 119 Å². The molecule has 0 radical (unpaired) electrons. The molecule has 7 nitrogen and oxygen atoms in total. The van der Waals surface area contributed by atoms with Crippen molar-refractivity contribution in [1.82, 2.24) is 4.90 Å². The molecule has 52 heavy (non-hydrogen) atoms. The van der Waals surface area contributed by atoms with E-state index in [-0.39, 0.29) is 34.8 Å². The highest BCUT2D eigenvalue weighted by Crippen LogP contribution is 2.51. The number of carbonyl (C=O) groups excluding carboxylic acids is 2. The highest BCUT2D eigenvalue weighted by molar-refractivity contribution is 6.99. The number of benzene rings is 3. The van der Waals surface area contributed by atoms with Crippen molar-refractivity contribution in [3.8, 4) is 5.75 Å². The number of imide groups is 1. The van der Waals surface area contributed by atoms with Crippen LogP contribution >= 0.6 is 11.6 Å². The van der Waals surface area contributed by atoms with Crippen LogP contribution in [0.2, 0.25) is 16.4 Å². The average molecular weight is 740 g/mol. The molecule has 1 aliphatic carbocycles. The first kappa shape index (κ1) is 38.3. The lowest BCUT2D eigenvalue weighted by Crippen LogP contribution is -2.66. The minimum absolute atomic E-state index is 0.113. The van der Waals surface area contributed by atoms with Crippen LogP contribution in [-0.2, 0) is 18.7 Å². The fourth-order valence-corrected chi connectivity index (χ4v) is 13.7. The molecule has 0 unspecified atom stereocenters. The number of aromatic hydroxyl groups is 1. The number of allylic oxidation sites excluding steroid dienone is 1. The summed E-state index contributed by atoms with van der Waals surface area (Å²) < 4.78 is 13.9. The first-order chi connectivity index (χ1) is 24.9. The highest BCUT2D eigenvalue weighted by Gasteiger charge is 2.58. The van der Waals surface area contributed by atoms with Crippen LogP contribution in [0.5, 0.6) is 5.75 Å². The van der Waals surface area contributed by atoms with E-state index in [4.69, 9.17) is 20.7 Å². The molecule has 3 aromatic carbocycles. The van der Waals surface area contributed by atoms with E-state index in [2.05, 4.69) is 82.3 Å². The Kier molecular flexibility index (Phi) is 11.7. The number of rotatable bonds is 12. The summed E-state index contributed by atoms with van der Waals surface area (Å²) in [7, 11) is -3.99. The van der Waals surface area contributed by atoms with Crippen LogP contribution in [0.3, 0.4) is 0 Å². The van der Waals surface area contributed by atoms with Crippen molar-refractivity contribution in [2.75, 3.05) is 13.2 Å². The molecule has 0 spiro atoms. The Balaban J connectivity index is 1.42. The summed E-state index contributed by atoms with van der Waals surface area (Å²) in [6.07, 6.45) is 5.01. The third-order valence-electron chi connectivity index (χ3n) is 11.3. The monoisotopic (exact) mass is 739 g/mol. The maximum atomic E-state index is 14.0. The second kappa shape index (κ2) is 15.9. The van der Waals surface area contributed by atoms with E-state index in [0.29, 0.717) is 43.9 Å². The molecule has 2 heterocycles. The topological polar surface area (TPSA) is 96.3 Å². The van der Waals surface area contributed by atoms with Gasteiger partial charge in [0.15, 0.2) is 0 Å². The number of carbonyl (C=O) groups is 2. The van der Waals surface area contributed by atoms with Crippen LogP contribution in [0.4, 0.5) is 0 Å². The first-order valence-electron chi connectivity index (χ1n) is 18.7. The highest BCUT2D eigenvalue weighted by atomic mass is 35.5. The molecule has 2 saturated heterocycles. The number of amides is 2. The van der Waals surface area contributed by atoms with Gasteiger partial charge in [0, 0.05) is 6.54 Å². The lowest BCUT2D eigenvalue weighted by atomic mass is 9.58. The molecule has 2 aliphatic heterocycles. The normalized spacial score (nSPS) is 22.6. The zero-order chi connectivity index (χ0) is 37.2. The van der Waals surface area contributed by atoms with Gasteiger partial charge in [-0.05, 0) is 94.7 Å². The molecule has 3 aliphatic rings. The molecule has 2 N–H and O–H groups in total. The first-order valence-corrected chi connectivity index (χ1v) is 21.0. The summed E-state index contributed by atoms with van der Waals surface area (Å²) in [5, 5.41) is 23.6. The van der Waals surface area contributed by atoms with Gasteiger partial charge in [0.2, 0.25) is 11.8 Å². The van der Waals surface area contributed by atoms with E-state index in [1.807, 2.05) is 19.1 Å². The van der Waals surface area contributed by atoms with E-state index in [1.54, 1.807) is 12.1 Å². The van der Waals surface area contributed by atoms with Crippen molar-refractivity contribution in [3.05, 3.63) is 106 Å². The molecule has 0 aromatic heterocycles. The molecule has 4 atom stereocenters. The lowest BCUT2D eigenvalue weighted by Gasteiger charge is -2.46. The largest absolute Gasteiger partial charge is 0.508 e. The van der Waals surface area contributed by atoms with E-state index in [0.717, 1.165) is 28.7 Å². The second-order valence-corrected chi connectivity index (χ2v) is 20.2. The van der Waals surface area contributed by atoms with Crippen molar-refractivity contribution in [2.45, 2.75) is 84.2 Å². The van der Waals surface area contributed by atoms with Crippen LogP contribution in [0.15, 0.2) is 95.6 Å². The molecular formula is C42H51BClNO6Si. The Morgan fingerprint density at radius 3 is 2.23 bits per heavy atom. The third-order valence-corrected chi connectivity index (χ3v) is 16.6. The molecule has 274 valence electrons. The Labute approximate surface area is 315 Å². The third kappa shape index (κ3) is 7.35. The number of phenols is 1. The SMILES string of the molecule is CCCN1C(=O)[C@@H]2[C@@H](CC(CO[Si](c3ccccc3)(c3ccccc3)C(C)(C)C)=C3[C@@H](CC/C(=C/c4ccc(O)cc4Cl)CC)OB(O)C[C@@H]32)C1=O. The van der Waals surface area contributed by atoms with Crippen LogP contribution in [0.1, 0.15) is 72.3 Å². The zero-order valence-corrected chi connectivity index (χ0v) is 32.7. The minimum atomic E-state index is -2.94. The Morgan fingerprint density at radius 1 is 1.00 bits per heavy atom. The van der Waals surface area contributed by atoms with Gasteiger partial charge < -0.3 is 19.2 Å². The molecular weight excluding hydrogens is 689 g/mol. The number of likely N-dealkylation sites (tertiary alicyclic amines) is 1. The van der Waals surface area contributed by atoms with Gasteiger partial charge in [0.25, 0.3) is 8.32 Å². The van der Waals surface area contributed by atoms with Gasteiger partial charge in [0.05, 0.1) is 29.6 Å². The predicted octanol–water partition coefficient (Wildman–Crippen LogP) is 7.40. The van der Waals surface area contributed by atoms with Gasteiger partial charge >= 0.3 is 7.12 Å². The Morgan fingerprint density at radius 2 is 1.65 bits per heavy atom. The van der Waals surface area contributed by atoms with E-state index in [9.17, 15) is 19.7 Å². The summed E-state index contributed by atoms with van der Waals surface area (Å²) in [6.45, 7) is 11.5. The standard InChI is InChI=1S/C42H51BClNO6Si/c1-6-22-45-40(47)34-24-30(27-50-52(42(3,4)5,32-14-10-8-11-15-32)33-16-12-9-13-17-33)38-35(39(34)41(45)48)26-43(49)51-37(38)21-18-28(7-2)23-29-19-20-31(46)25-36(29)44/h8-17,19-20,23,25,34-35,37,39,46,49H,6-7,18,21-22,24,26-27H2,1-5H3/b28-23+/t34-,35+,37-,39-/m1/s1. The number of fused-ring (bicyclic) bond motifs is 3. The number of hydrogen-bond donors (Lipinski definition) is 2. The summed E-state index contributed by atoms with van der Waals surface area (Å²) in [6, 6.07) is 26.0. The van der Waals surface area contributed by atoms with Crippen LogP contribution in [0, 0.1) is 17.8 Å². The lowest BCUT2D eigenvalue weighted by molar-refractivity contribution is -0.140. The summed E-state index contributed by atoms with van der Waals surface area (Å²) in [5.74, 6) is -1.47. The Bertz CT molecular complexity index is 1790. The minimum Gasteiger partial charge on any atom is -0.508 e. The summed E-state index contributed by atoms with van der Waals surface area (Å²) in [5.41, 5.74) is 4.00. The van der Waals surface area contributed by atoms with Crippen LogP contribution < -0.4 is 10.4 Å². The zero-order valence-electron chi connectivity index (χ0n) is 31.0. The van der Waals surface area contributed by atoms with Gasteiger partial charge in [0.1, 0.15) is 5.75 Å². The van der Waals surface area contributed by atoms with Gasteiger partial charge in [-0.25, -0.2) is 0 Å². The maximum Gasteiger partial charge on any atom is 0.455 e. The van der Waals surface area contributed by atoms with Gasteiger partial charge in [-0.15, -0.1) is 0 Å². The van der Waals surface area contributed by atoms with E-state index in [1.165, 1.54) is 21.3 Å². The molecule has 3 aromatic rings. The number of halogens is 1. The fourth-order valence-electron chi connectivity index (χ4n) is 8.88. The molecule has 10 heteroatoms. The smallest absolute Gasteiger partial charge is 0.455 e. The summed E-state index contributed by atoms with van der Waals surface area (Å²) >= 11 is 6.47. The van der Waals surface area contributed by atoms with Gasteiger partial charge in [-0.3, -0.25) is 14.5 Å². The van der Waals surface area contributed by atoms with Crippen molar-refractivity contribution >= 4 is 55.3 Å². The molecule has 0 bridgehead atoms. The number of hydrogen-bond acceptors (Lipinski definition) is 6. The van der Waals surface area contributed by atoms with Crippen molar-refractivity contribution < 1.29 is 28.8 Å². The number of nitrogens with zero attached hydrogens (tertiary/aromatic N) is 1. The van der Waals surface area contributed by atoms with Crippen molar-refractivity contribution in [2.24, 2.45) is 17.8 Å². The second-order valence-electron chi connectivity index (χ2n) is 15.5. The van der Waals surface area contributed by atoms with Crippen molar-refractivity contribution in [3.63, 3.8) is 0 Å². The van der Waals surface area contributed by atoms with E-state index < -0.39 is 33.4 Å². The average Bonchev–Trinajstić information content (AvgIpc) is 3.36. The molecule has 2 amide bonds. The number of phenolic OH excluding ortho intramolecular Hbond substituents is 1. The quantitative estimate of drug-likeness (QED) is 0.114.